The molecule has 0 bridgehead atoms. The summed E-state index contributed by atoms with van der Waals surface area (Å²) in [5.41, 5.74) is 5.37. The van der Waals surface area contributed by atoms with Crippen LogP contribution in [0.25, 0.3) is 0 Å². The van der Waals surface area contributed by atoms with Gasteiger partial charge in [0.05, 0.1) is 0 Å². The fourth-order valence-electron chi connectivity index (χ4n) is 1.05. The topological polar surface area (TPSA) is 43.1 Å². The predicted octanol–water partition coefficient (Wildman–Crippen LogP) is 1.91. The first-order chi connectivity index (χ1) is 6.16. The number of hydrogen-bond donors (Lipinski definition) is 1. The van der Waals surface area contributed by atoms with Crippen molar-refractivity contribution < 1.29 is 4.21 Å². The van der Waals surface area contributed by atoms with Crippen molar-refractivity contribution in [3.63, 3.8) is 0 Å². The summed E-state index contributed by atoms with van der Waals surface area (Å²) >= 11 is 0. The number of unbranched alkanes of at least 4 members (excludes halogenated alkanes) is 2. The monoisotopic (exact) mass is 205 g/mol. The van der Waals surface area contributed by atoms with E-state index in [0.29, 0.717) is 5.92 Å². The highest BCUT2D eigenvalue weighted by Gasteiger charge is 2.01. The fraction of sp³-hybridized carbons (Fsp3) is 1.00. The van der Waals surface area contributed by atoms with Crippen LogP contribution < -0.4 is 5.73 Å². The zero-order chi connectivity index (χ0) is 10.1. The highest BCUT2D eigenvalue weighted by Crippen LogP contribution is 2.03. The number of hydrogen-bond acceptors (Lipinski definition) is 2. The Balaban J connectivity index is 3.20. The lowest BCUT2D eigenvalue weighted by Gasteiger charge is -2.04. The molecule has 0 amide bonds. The number of rotatable bonds is 8. The zero-order valence-corrected chi connectivity index (χ0v) is 9.74. The Kier molecular flexibility index (Phi) is 8.77. The van der Waals surface area contributed by atoms with Crippen molar-refractivity contribution in [1.29, 1.82) is 0 Å². The molecular weight excluding hydrogens is 182 g/mol. The molecule has 0 rings (SSSR count). The summed E-state index contributed by atoms with van der Waals surface area (Å²) in [7, 11) is -0.585. The lowest BCUT2D eigenvalue weighted by Crippen LogP contribution is -2.06. The van der Waals surface area contributed by atoms with E-state index in [0.717, 1.165) is 43.7 Å². The molecule has 13 heavy (non-hydrogen) atoms. The van der Waals surface area contributed by atoms with Crippen molar-refractivity contribution >= 4 is 10.8 Å². The van der Waals surface area contributed by atoms with Crippen LogP contribution in [0.4, 0.5) is 0 Å². The van der Waals surface area contributed by atoms with Gasteiger partial charge in [0, 0.05) is 22.3 Å². The summed E-state index contributed by atoms with van der Waals surface area (Å²) in [5, 5.41) is 0. The summed E-state index contributed by atoms with van der Waals surface area (Å²) in [5.74, 6) is 2.42. The van der Waals surface area contributed by atoms with Crippen LogP contribution in [-0.2, 0) is 10.8 Å². The van der Waals surface area contributed by atoms with Gasteiger partial charge < -0.3 is 5.73 Å². The second-order valence-corrected chi connectivity index (χ2v) is 5.58. The average molecular weight is 205 g/mol. The first-order valence-electron chi connectivity index (χ1n) is 5.22. The van der Waals surface area contributed by atoms with Gasteiger partial charge in [-0.05, 0) is 31.7 Å². The van der Waals surface area contributed by atoms with Gasteiger partial charge in [-0.15, -0.1) is 0 Å². The van der Waals surface area contributed by atoms with Gasteiger partial charge in [-0.1, -0.05) is 20.3 Å². The Morgan fingerprint density at radius 3 is 2.38 bits per heavy atom. The minimum absolute atomic E-state index is 0.585. The minimum Gasteiger partial charge on any atom is -0.330 e. The molecule has 0 heterocycles. The predicted molar refractivity (Wildman–Crippen MR) is 60.2 cm³/mol. The SMILES string of the molecule is CC(C)CCS(=O)CCCCCN. The molecule has 80 valence electrons. The van der Waals surface area contributed by atoms with Gasteiger partial charge in [0.15, 0.2) is 0 Å². The molecule has 0 aromatic carbocycles. The van der Waals surface area contributed by atoms with Crippen LogP contribution in [0.5, 0.6) is 0 Å². The highest BCUT2D eigenvalue weighted by atomic mass is 32.2. The molecule has 0 radical (unpaired) electrons. The van der Waals surface area contributed by atoms with Gasteiger partial charge >= 0.3 is 0 Å². The summed E-state index contributed by atoms with van der Waals surface area (Å²) in [6.45, 7) is 5.11. The Hall–Kier alpha value is 0.110. The maximum absolute atomic E-state index is 11.4. The van der Waals surface area contributed by atoms with Gasteiger partial charge in [0.1, 0.15) is 0 Å². The largest absolute Gasteiger partial charge is 0.330 e. The lowest BCUT2D eigenvalue weighted by atomic mass is 10.2. The summed E-state index contributed by atoms with van der Waals surface area (Å²) in [6.07, 6.45) is 4.36. The lowest BCUT2D eigenvalue weighted by molar-refractivity contribution is 0.617. The van der Waals surface area contributed by atoms with Crippen LogP contribution in [0.15, 0.2) is 0 Å². The molecule has 0 saturated heterocycles. The van der Waals surface area contributed by atoms with E-state index in [1.165, 1.54) is 0 Å². The van der Waals surface area contributed by atoms with Gasteiger partial charge in [0.25, 0.3) is 0 Å². The maximum atomic E-state index is 11.4. The van der Waals surface area contributed by atoms with Crippen molar-refractivity contribution in [2.75, 3.05) is 18.1 Å². The smallest absolute Gasteiger partial charge is 0.0237 e. The molecule has 0 saturated carbocycles. The summed E-state index contributed by atoms with van der Waals surface area (Å²) in [6, 6.07) is 0. The standard InChI is InChI=1S/C10H23NOS/c1-10(2)6-9-13(12)8-5-3-4-7-11/h10H,3-9,11H2,1-2H3. The highest BCUT2D eigenvalue weighted by molar-refractivity contribution is 7.84. The molecule has 0 fully saturated rings. The Morgan fingerprint density at radius 1 is 1.15 bits per heavy atom. The molecule has 0 aliphatic carbocycles. The van der Waals surface area contributed by atoms with Crippen LogP contribution in [0.2, 0.25) is 0 Å². The molecule has 0 aliphatic heterocycles. The van der Waals surface area contributed by atoms with Crippen LogP contribution in [0.3, 0.4) is 0 Å². The van der Waals surface area contributed by atoms with Gasteiger partial charge in [-0.3, -0.25) is 4.21 Å². The molecule has 1 unspecified atom stereocenters. The minimum atomic E-state index is -0.585. The Bertz CT molecular complexity index is 137. The van der Waals surface area contributed by atoms with Crippen molar-refractivity contribution in [2.45, 2.75) is 39.5 Å². The van der Waals surface area contributed by atoms with E-state index >= 15 is 0 Å². The third-order valence-electron chi connectivity index (χ3n) is 2.00. The molecule has 0 aromatic rings. The van der Waals surface area contributed by atoms with Crippen molar-refractivity contribution in [3.8, 4) is 0 Å². The summed E-state index contributed by atoms with van der Waals surface area (Å²) in [4.78, 5) is 0. The Labute approximate surface area is 84.7 Å². The quantitative estimate of drug-likeness (QED) is 0.615. The van der Waals surface area contributed by atoms with Crippen molar-refractivity contribution in [3.05, 3.63) is 0 Å². The molecule has 2 N–H and O–H groups in total. The normalized spacial score (nSPS) is 13.5. The fourth-order valence-corrected chi connectivity index (χ4v) is 2.52. The third kappa shape index (κ3) is 10.0. The number of nitrogens with two attached hydrogens (primary N) is 1. The van der Waals surface area contributed by atoms with Crippen LogP contribution in [0.1, 0.15) is 39.5 Å². The molecule has 0 spiro atoms. The summed E-state index contributed by atoms with van der Waals surface area (Å²) < 4.78 is 11.4. The second-order valence-electron chi connectivity index (χ2n) is 3.88. The Morgan fingerprint density at radius 2 is 1.85 bits per heavy atom. The molecule has 2 nitrogen and oxygen atoms in total. The molecular formula is C10H23NOS. The van der Waals surface area contributed by atoms with Gasteiger partial charge in [-0.2, -0.15) is 0 Å². The zero-order valence-electron chi connectivity index (χ0n) is 8.92. The van der Waals surface area contributed by atoms with E-state index in [2.05, 4.69) is 13.8 Å². The van der Waals surface area contributed by atoms with Gasteiger partial charge in [0.2, 0.25) is 0 Å². The van der Waals surface area contributed by atoms with E-state index in [4.69, 9.17) is 5.73 Å². The average Bonchev–Trinajstić information content (AvgIpc) is 2.09. The van der Waals surface area contributed by atoms with Crippen LogP contribution in [0, 0.1) is 5.92 Å². The van der Waals surface area contributed by atoms with Crippen LogP contribution in [-0.4, -0.2) is 22.3 Å². The maximum Gasteiger partial charge on any atom is 0.0237 e. The van der Waals surface area contributed by atoms with E-state index < -0.39 is 10.8 Å². The van der Waals surface area contributed by atoms with Gasteiger partial charge in [-0.25, -0.2) is 0 Å². The van der Waals surface area contributed by atoms with E-state index in [-0.39, 0.29) is 0 Å². The molecule has 0 aliphatic rings. The van der Waals surface area contributed by atoms with Crippen LogP contribution >= 0.6 is 0 Å². The molecule has 0 aromatic heterocycles. The van der Waals surface area contributed by atoms with E-state index in [1.54, 1.807) is 0 Å². The third-order valence-corrected chi connectivity index (χ3v) is 3.43. The molecule has 3 heteroatoms. The van der Waals surface area contributed by atoms with E-state index in [9.17, 15) is 4.21 Å². The first-order valence-corrected chi connectivity index (χ1v) is 6.70. The second kappa shape index (κ2) is 8.70. The van der Waals surface area contributed by atoms with E-state index in [1.807, 2.05) is 0 Å². The van der Waals surface area contributed by atoms with Crippen molar-refractivity contribution in [2.24, 2.45) is 11.7 Å². The first kappa shape index (κ1) is 13.1. The van der Waals surface area contributed by atoms with Crippen molar-refractivity contribution in [1.82, 2.24) is 0 Å². The molecule has 1 atom stereocenters.